The molecule has 31 heavy (non-hydrogen) atoms. The Morgan fingerprint density at radius 2 is 1.16 bits per heavy atom. The highest BCUT2D eigenvalue weighted by Crippen LogP contribution is 2.17. The summed E-state index contributed by atoms with van der Waals surface area (Å²) in [6.45, 7) is 4.42. The molecule has 0 saturated carbocycles. The molecule has 0 aromatic carbocycles. The van der Waals surface area contributed by atoms with Crippen molar-refractivity contribution in [3.05, 3.63) is 12.2 Å². The molecule has 0 aliphatic heterocycles. The third-order valence-electron chi connectivity index (χ3n) is 5.74. The molecule has 0 amide bonds. The molecule has 0 heterocycles. The predicted octanol–water partition coefficient (Wildman–Crippen LogP) is 8.38. The number of aliphatic carboxylic acids is 1. The average Bonchev–Trinajstić information content (AvgIpc) is 2.74. The third kappa shape index (κ3) is 23.2. The molecule has 0 aromatic heterocycles. The van der Waals surface area contributed by atoms with Gasteiger partial charge in [0.25, 0.3) is 0 Å². The van der Waals surface area contributed by atoms with Gasteiger partial charge in [0.05, 0.1) is 0 Å². The fraction of sp³-hybridized carbons (Fsp3) is 0.852. The van der Waals surface area contributed by atoms with Crippen LogP contribution in [-0.2, 0) is 14.3 Å². The van der Waals surface area contributed by atoms with Crippen molar-refractivity contribution >= 4 is 11.9 Å². The molecule has 0 bridgehead atoms. The second kappa shape index (κ2) is 23.3. The minimum absolute atomic E-state index is 0.00740. The van der Waals surface area contributed by atoms with Gasteiger partial charge in [0.2, 0.25) is 0 Å². The smallest absolute Gasteiger partial charge is 0.306 e. The van der Waals surface area contributed by atoms with Gasteiger partial charge < -0.3 is 9.84 Å². The van der Waals surface area contributed by atoms with Crippen molar-refractivity contribution in [2.24, 2.45) is 0 Å². The Morgan fingerprint density at radius 1 is 0.677 bits per heavy atom. The SMILES string of the molecule is CCCCC/C=C\CCCCCCCC(=O)OC(CCCCC)CCCCCC(=O)O. The topological polar surface area (TPSA) is 63.6 Å². The average molecular weight is 439 g/mol. The first-order valence-electron chi connectivity index (χ1n) is 13.2. The maximum absolute atomic E-state index is 12.2. The van der Waals surface area contributed by atoms with Crippen molar-refractivity contribution in [2.75, 3.05) is 0 Å². The Bertz CT molecular complexity index is 445. The second-order valence-corrected chi connectivity index (χ2v) is 8.87. The summed E-state index contributed by atoms with van der Waals surface area (Å²) in [5, 5.41) is 8.72. The highest BCUT2D eigenvalue weighted by Gasteiger charge is 2.14. The summed E-state index contributed by atoms with van der Waals surface area (Å²) in [7, 11) is 0. The Morgan fingerprint density at radius 3 is 1.81 bits per heavy atom. The lowest BCUT2D eigenvalue weighted by Gasteiger charge is -2.18. The van der Waals surface area contributed by atoms with Gasteiger partial charge in [-0.25, -0.2) is 0 Å². The molecular weight excluding hydrogens is 388 g/mol. The van der Waals surface area contributed by atoms with Crippen LogP contribution in [0.4, 0.5) is 0 Å². The maximum atomic E-state index is 12.2. The van der Waals surface area contributed by atoms with Crippen molar-refractivity contribution in [3.63, 3.8) is 0 Å². The van der Waals surface area contributed by atoms with Crippen LogP contribution in [-0.4, -0.2) is 23.1 Å². The van der Waals surface area contributed by atoms with E-state index in [0.29, 0.717) is 12.8 Å². The quantitative estimate of drug-likeness (QED) is 0.0988. The van der Waals surface area contributed by atoms with Crippen LogP contribution in [0.3, 0.4) is 0 Å². The molecule has 0 aliphatic rings. The first-order valence-corrected chi connectivity index (χ1v) is 13.2. The van der Waals surface area contributed by atoms with Gasteiger partial charge >= 0.3 is 11.9 Å². The number of carbonyl (C=O) groups is 2. The molecule has 0 aliphatic carbocycles. The van der Waals surface area contributed by atoms with E-state index in [2.05, 4.69) is 26.0 Å². The molecule has 0 aromatic rings. The molecule has 0 saturated heterocycles. The summed E-state index contributed by atoms with van der Waals surface area (Å²) in [6, 6.07) is 0. The van der Waals surface area contributed by atoms with Gasteiger partial charge in [-0.1, -0.05) is 77.4 Å². The van der Waals surface area contributed by atoms with E-state index in [9.17, 15) is 9.59 Å². The molecule has 4 heteroatoms. The minimum Gasteiger partial charge on any atom is -0.481 e. The number of hydrogen-bond donors (Lipinski definition) is 1. The van der Waals surface area contributed by atoms with Crippen molar-refractivity contribution in [1.29, 1.82) is 0 Å². The summed E-state index contributed by atoms with van der Waals surface area (Å²) in [5.74, 6) is -0.785. The summed E-state index contributed by atoms with van der Waals surface area (Å²) in [6.07, 6.45) is 25.2. The zero-order valence-corrected chi connectivity index (χ0v) is 20.5. The van der Waals surface area contributed by atoms with Crippen LogP contribution in [0.25, 0.3) is 0 Å². The zero-order chi connectivity index (χ0) is 23.0. The Hall–Kier alpha value is -1.32. The number of esters is 1. The first kappa shape index (κ1) is 29.7. The molecule has 0 spiro atoms. The van der Waals surface area contributed by atoms with Crippen LogP contribution >= 0.6 is 0 Å². The molecule has 0 radical (unpaired) electrons. The second-order valence-electron chi connectivity index (χ2n) is 8.87. The van der Waals surface area contributed by atoms with E-state index in [1.165, 1.54) is 57.8 Å². The van der Waals surface area contributed by atoms with E-state index in [4.69, 9.17) is 9.84 Å². The standard InChI is InChI=1S/C27H50O4/c1-3-5-7-8-9-10-11-12-13-14-15-20-24-27(30)31-25(21-17-6-4-2)22-18-16-19-23-26(28)29/h9-10,25H,3-8,11-24H2,1-2H3,(H,28,29)/b10-9-. The van der Waals surface area contributed by atoms with Crippen molar-refractivity contribution in [3.8, 4) is 0 Å². The Kier molecular flexibility index (Phi) is 22.4. The number of hydrogen-bond acceptors (Lipinski definition) is 3. The Balaban J connectivity index is 3.81. The lowest BCUT2D eigenvalue weighted by molar-refractivity contribution is -0.150. The van der Waals surface area contributed by atoms with Gasteiger partial charge in [-0.05, 0) is 64.2 Å². The number of allylic oxidation sites excluding steroid dienone is 2. The van der Waals surface area contributed by atoms with Gasteiger partial charge in [0, 0.05) is 12.8 Å². The van der Waals surface area contributed by atoms with Crippen LogP contribution < -0.4 is 0 Å². The Labute approximate surface area is 192 Å². The lowest BCUT2D eigenvalue weighted by Crippen LogP contribution is -2.18. The molecule has 1 atom stereocenters. The van der Waals surface area contributed by atoms with Crippen molar-refractivity contribution < 1.29 is 19.4 Å². The van der Waals surface area contributed by atoms with E-state index < -0.39 is 5.97 Å². The molecule has 0 rings (SSSR count). The number of carbonyl (C=O) groups excluding carboxylic acids is 1. The molecule has 182 valence electrons. The summed E-state index contributed by atoms with van der Waals surface area (Å²) < 4.78 is 5.76. The number of ether oxygens (including phenoxy) is 1. The molecule has 4 nitrogen and oxygen atoms in total. The van der Waals surface area contributed by atoms with Crippen molar-refractivity contribution in [2.45, 2.75) is 148 Å². The van der Waals surface area contributed by atoms with E-state index >= 15 is 0 Å². The van der Waals surface area contributed by atoms with Crippen LogP contribution in [0.15, 0.2) is 12.2 Å². The van der Waals surface area contributed by atoms with Crippen LogP contribution in [0.5, 0.6) is 0 Å². The predicted molar refractivity (Wildman–Crippen MR) is 130 cm³/mol. The largest absolute Gasteiger partial charge is 0.481 e. The van der Waals surface area contributed by atoms with Gasteiger partial charge in [0.1, 0.15) is 6.10 Å². The number of carboxylic acid groups (broad SMARTS) is 1. The molecule has 1 unspecified atom stereocenters. The van der Waals surface area contributed by atoms with Crippen molar-refractivity contribution in [1.82, 2.24) is 0 Å². The van der Waals surface area contributed by atoms with E-state index in [1.54, 1.807) is 0 Å². The maximum Gasteiger partial charge on any atom is 0.306 e. The highest BCUT2D eigenvalue weighted by atomic mass is 16.5. The lowest BCUT2D eigenvalue weighted by atomic mass is 10.0. The fourth-order valence-corrected chi connectivity index (χ4v) is 3.76. The van der Waals surface area contributed by atoms with Crippen LogP contribution in [0, 0.1) is 0 Å². The van der Waals surface area contributed by atoms with Gasteiger partial charge in [-0.2, -0.15) is 0 Å². The molecule has 1 N–H and O–H groups in total. The third-order valence-corrected chi connectivity index (χ3v) is 5.74. The highest BCUT2D eigenvalue weighted by molar-refractivity contribution is 5.69. The monoisotopic (exact) mass is 438 g/mol. The van der Waals surface area contributed by atoms with E-state index in [-0.39, 0.29) is 18.5 Å². The van der Waals surface area contributed by atoms with Gasteiger partial charge in [-0.3, -0.25) is 9.59 Å². The number of rotatable bonds is 23. The summed E-state index contributed by atoms with van der Waals surface area (Å²) >= 11 is 0. The first-order chi connectivity index (χ1) is 15.1. The summed E-state index contributed by atoms with van der Waals surface area (Å²) in [4.78, 5) is 22.8. The normalized spacial score (nSPS) is 12.3. The van der Waals surface area contributed by atoms with E-state index in [0.717, 1.165) is 51.4 Å². The number of carboxylic acids is 1. The van der Waals surface area contributed by atoms with Gasteiger partial charge in [0.15, 0.2) is 0 Å². The zero-order valence-electron chi connectivity index (χ0n) is 20.5. The van der Waals surface area contributed by atoms with E-state index in [1.807, 2.05) is 0 Å². The minimum atomic E-state index is -0.732. The van der Waals surface area contributed by atoms with Crippen LogP contribution in [0.1, 0.15) is 142 Å². The number of unbranched alkanes of at least 4 members (excludes halogenated alkanes) is 12. The van der Waals surface area contributed by atoms with Gasteiger partial charge in [-0.15, -0.1) is 0 Å². The van der Waals surface area contributed by atoms with Crippen LogP contribution in [0.2, 0.25) is 0 Å². The fourth-order valence-electron chi connectivity index (χ4n) is 3.76. The molecular formula is C27H50O4. The molecule has 0 fully saturated rings. The summed E-state index contributed by atoms with van der Waals surface area (Å²) in [5.41, 5.74) is 0.